The van der Waals surface area contributed by atoms with Gasteiger partial charge in [-0.25, -0.2) is 0 Å². The van der Waals surface area contributed by atoms with Crippen molar-refractivity contribution >= 4 is 34.1 Å². The highest BCUT2D eigenvalue weighted by atomic mass is 35.5. The van der Waals surface area contributed by atoms with E-state index in [1.54, 1.807) is 24.3 Å². The van der Waals surface area contributed by atoms with Gasteiger partial charge in [0.05, 0.1) is 4.92 Å². The van der Waals surface area contributed by atoms with E-state index in [4.69, 9.17) is 11.6 Å². The lowest BCUT2D eigenvalue weighted by atomic mass is 9.86. The van der Waals surface area contributed by atoms with E-state index < -0.39 is 5.92 Å². The minimum atomic E-state index is -0.429. The minimum absolute atomic E-state index is 0.0250. The van der Waals surface area contributed by atoms with Gasteiger partial charge >= 0.3 is 0 Å². The molecule has 6 nitrogen and oxygen atoms in total. The summed E-state index contributed by atoms with van der Waals surface area (Å²) in [4.78, 5) is 29.2. The number of carbonyl (C=O) groups excluding carboxylic acids is 1. The number of benzene rings is 2. The quantitative estimate of drug-likeness (QED) is 0.492. The second kappa shape index (κ2) is 7.64. The summed E-state index contributed by atoms with van der Waals surface area (Å²) in [5.41, 5.74) is 2.30. The summed E-state index contributed by atoms with van der Waals surface area (Å²) in [6.07, 6.45) is 4.03. The van der Waals surface area contributed by atoms with Crippen LogP contribution in [0.5, 0.6) is 0 Å². The summed E-state index contributed by atoms with van der Waals surface area (Å²) < 4.78 is 0. The van der Waals surface area contributed by atoms with Crippen LogP contribution in [0.4, 0.5) is 5.69 Å². The van der Waals surface area contributed by atoms with Gasteiger partial charge in [0.15, 0.2) is 0 Å². The van der Waals surface area contributed by atoms with E-state index in [0.29, 0.717) is 10.6 Å². The molecular weight excluding hydrogens is 378 g/mol. The van der Waals surface area contributed by atoms with E-state index in [9.17, 15) is 14.9 Å². The van der Waals surface area contributed by atoms with Gasteiger partial charge in [0, 0.05) is 59.2 Å². The molecule has 2 heterocycles. The number of para-hydroxylation sites is 1. The molecule has 1 saturated heterocycles. The number of nitrogens with one attached hydrogen (secondary N) is 1. The summed E-state index contributed by atoms with van der Waals surface area (Å²) in [6, 6.07) is 12.2. The first kappa shape index (κ1) is 18.5. The fraction of sp³-hybridized carbons (Fsp3) is 0.286. The lowest BCUT2D eigenvalue weighted by Crippen LogP contribution is -2.29. The number of fused-ring (bicyclic) bond motifs is 1. The predicted octanol–water partition coefficient (Wildman–Crippen LogP) is 4.87. The minimum Gasteiger partial charge on any atom is -0.361 e. The number of hydrogen-bond acceptors (Lipinski definition) is 3. The van der Waals surface area contributed by atoms with Crippen molar-refractivity contribution in [2.75, 3.05) is 13.1 Å². The Hall–Kier alpha value is -2.86. The first-order chi connectivity index (χ1) is 13.5. The van der Waals surface area contributed by atoms with E-state index in [0.717, 1.165) is 42.4 Å². The molecule has 1 fully saturated rings. The lowest BCUT2D eigenvalue weighted by Gasteiger charge is -2.21. The van der Waals surface area contributed by atoms with Gasteiger partial charge in [-0.2, -0.15) is 0 Å². The standard InChI is InChI=1S/C21H20ClN3O3/c22-14-7-8-19-17(11-14)18(13-23-19)16(12-21(26)24-9-3-4-10-24)15-5-1-2-6-20(15)25(27)28/h1-2,5-8,11,13,16,23H,3-4,9-10,12H2/t16-/m1/s1. The number of amides is 1. The van der Waals surface area contributed by atoms with E-state index in [-0.39, 0.29) is 22.9 Å². The predicted molar refractivity (Wildman–Crippen MR) is 109 cm³/mol. The van der Waals surface area contributed by atoms with E-state index in [2.05, 4.69) is 4.98 Å². The monoisotopic (exact) mass is 397 g/mol. The lowest BCUT2D eigenvalue weighted by molar-refractivity contribution is -0.385. The van der Waals surface area contributed by atoms with Gasteiger partial charge in [0.25, 0.3) is 5.69 Å². The molecule has 0 spiro atoms. The van der Waals surface area contributed by atoms with Crippen molar-refractivity contribution in [1.29, 1.82) is 0 Å². The zero-order valence-corrected chi connectivity index (χ0v) is 16.0. The van der Waals surface area contributed by atoms with Crippen LogP contribution in [0.1, 0.15) is 36.3 Å². The van der Waals surface area contributed by atoms with Gasteiger partial charge in [0.2, 0.25) is 5.91 Å². The number of carbonyl (C=O) groups is 1. The number of halogens is 1. The van der Waals surface area contributed by atoms with Gasteiger partial charge < -0.3 is 9.88 Å². The molecule has 1 aliphatic heterocycles. The summed E-state index contributed by atoms with van der Waals surface area (Å²) in [6.45, 7) is 1.50. The zero-order chi connectivity index (χ0) is 19.7. The highest BCUT2D eigenvalue weighted by Crippen LogP contribution is 2.38. The Morgan fingerprint density at radius 3 is 2.68 bits per heavy atom. The van der Waals surface area contributed by atoms with Crippen molar-refractivity contribution in [2.45, 2.75) is 25.2 Å². The Labute approximate surface area is 167 Å². The number of hydrogen-bond donors (Lipinski definition) is 1. The number of likely N-dealkylation sites (tertiary alicyclic amines) is 1. The van der Waals surface area contributed by atoms with Crippen LogP contribution in [0.15, 0.2) is 48.7 Å². The summed E-state index contributed by atoms with van der Waals surface area (Å²) in [5.74, 6) is -0.404. The summed E-state index contributed by atoms with van der Waals surface area (Å²) in [5, 5.41) is 13.1. The van der Waals surface area contributed by atoms with Crippen molar-refractivity contribution in [3.05, 3.63) is 74.9 Å². The van der Waals surface area contributed by atoms with Gasteiger partial charge in [-0.05, 0) is 36.6 Å². The average Bonchev–Trinajstić information content (AvgIpc) is 3.36. The number of nitro benzene ring substituents is 1. The van der Waals surface area contributed by atoms with Crippen LogP contribution in [0.2, 0.25) is 5.02 Å². The number of nitrogens with zero attached hydrogens (tertiary/aromatic N) is 2. The molecule has 3 aromatic rings. The number of H-pyrrole nitrogens is 1. The highest BCUT2D eigenvalue weighted by molar-refractivity contribution is 6.31. The molecule has 0 unspecified atom stereocenters. The molecule has 0 aliphatic carbocycles. The number of aromatic nitrogens is 1. The van der Waals surface area contributed by atoms with Crippen molar-refractivity contribution in [3.8, 4) is 0 Å². The van der Waals surface area contributed by atoms with E-state index in [1.165, 1.54) is 6.07 Å². The van der Waals surface area contributed by atoms with Gasteiger partial charge in [-0.3, -0.25) is 14.9 Å². The van der Waals surface area contributed by atoms with Crippen molar-refractivity contribution in [3.63, 3.8) is 0 Å². The molecule has 1 atom stereocenters. The molecule has 2 aromatic carbocycles. The summed E-state index contributed by atoms with van der Waals surface area (Å²) >= 11 is 6.19. The zero-order valence-electron chi connectivity index (χ0n) is 15.2. The Kier molecular flexibility index (Phi) is 5.05. The number of rotatable bonds is 5. The molecule has 1 aliphatic rings. The van der Waals surface area contributed by atoms with E-state index >= 15 is 0 Å². The largest absolute Gasteiger partial charge is 0.361 e. The maximum Gasteiger partial charge on any atom is 0.273 e. The van der Waals surface area contributed by atoms with Gasteiger partial charge in [0.1, 0.15) is 0 Å². The SMILES string of the molecule is O=C(C[C@H](c1ccccc1[N+](=O)[O-])c1c[nH]c2ccc(Cl)cc12)N1CCCC1. The molecule has 4 rings (SSSR count). The molecule has 7 heteroatoms. The highest BCUT2D eigenvalue weighted by Gasteiger charge is 2.30. The molecule has 0 radical (unpaired) electrons. The normalized spacial score (nSPS) is 15.1. The van der Waals surface area contributed by atoms with Crippen molar-refractivity contribution in [2.24, 2.45) is 0 Å². The van der Waals surface area contributed by atoms with Crippen molar-refractivity contribution in [1.82, 2.24) is 9.88 Å². The van der Waals surface area contributed by atoms with Crippen LogP contribution in [-0.2, 0) is 4.79 Å². The smallest absolute Gasteiger partial charge is 0.273 e. The van der Waals surface area contributed by atoms with Gasteiger partial charge in [-0.15, -0.1) is 0 Å². The Morgan fingerprint density at radius 2 is 1.93 bits per heavy atom. The van der Waals surface area contributed by atoms with Gasteiger partial charge in [-0.1, -0.05) is 29.8 Å². The third-order valence-electron chi connectivity index (χ3n) is 5.40. The Balaban J connectivity index is 1.82. The Morgan fingerprint density at radius 1 is 1.18 bits per heavy atom. The van der Waals surface area contributed by atoms with Crippen LogP contribution < -0.4 is 0 Å². The third-order valence-corrected chi connectivity index (χ3v) is 5.63. The molecule has 0 saturated carbocycles. The molecule has 144 valence electrons. The maximum atomic E-state index is 12.9. The van der Waals surface area contributed by atoms with Crippen LogP contribution in [0, 0.1) is 10.1 Å². The van der Waals surface area contributed by atoms with Crippen LogP contribution >= 0.6 is 11.6 Å². The molecule has 1 aromatic heterocycles. The topological polar surface area (TPSA) is 79.2 Å². The summed E-state index contributed by atoms with van der Waals surface area (Å²) in [7, 11) is 0. The number of nitro groups is 1. The first-order valence-electron chi connectivity index (χ1n) is 9.32. The van der Waals surface area contributed by atoms with Crippen molar-refractivity contribution < 1.29 is 9.72 Å². The van der Waals surface area contributed by atoms with Crippen LogP contribution in [0.25, 0.3) is 10.9 Å². The van der Waals surface area contributed by atoms with E-state index in [1.807, 2.05) is 23.2 Å². The second-order valence-electron chi connectivity index (χ2n) is 7.09. The maximum absolute atomic E-state index is 12.9. The average molecular weight is 398 g/mol. The molecule has 28 heavy (non-hydrogen) atoms. The molecule has 1 amide bonds. The second-order valence-corrected chi connectivity index (χ2v) is 7.53. The molecular formula is C21H20ClN3O3. The molecule has 1 N–H and O–H groups in total. The fourth-order valence-electron chi connectivity index (χ4n) is 4.01. The third kappa shape index (κ3) is 3.47. The molecule has 0 bridgehead atoms. The van der Waals surface area contributed by atoms with Crippen LogP contribution in [0.3, 0.4) is 0 Å². The Bertz CT molecular complexity index is 1040. The van der Waals surface area contributed by atoms with Crippen LogP contribution in [-0.4, -0.2) is 33.8 Å². The number of aromatic amines is 1. The fourth-order valence-corrected chi connectivity index (χ4v) is 4.18. The first-order valence-corrected chi connectivity index (χ1v) is 9.70.